The lowest BCUT2D eigenvalue weighted by molar-refractivity contribution is -0.386. The molecule has 4 heteroatoms. The largest absolute Gasteiger partial charge is 0.330 e. The molecule has 16 heavy (non-hydrogen) atoms. The Bertz CT molecular complexity index is 414. The molecule has 0 amide bonds. The Morgan fingerprint density at radius 3 is 2.44 bits per heavy atom. The molecule has 0 fully saturated rings. The molecule has 0 aliphatic heterocycles. The van der Waals surface area contributed by atoms with Crippen LogP contribution in [0.15, 0.2) is 6.07 Å². The van der Waals surface area contributed by atoms with Crippen LogP contribution in [0.3, 0.4) is 0 Å². The number of hydrogen-bond donors (Lipinski definition) is 1. The van der Waals surface area contributed by atoms with Gasteiger partial charge in [-0.3, -0.25) is 10.1 Å². The lowest BCUT2D eigenvalue weighted by atomic mass is 9.94. The number of nitro benzene ring substituents is 1. The van der Waals surface area contributed by atoms with Crippen molar-refractivity contribution in [2.24, 2.45) is 5.73 Å². The van der Waals surface area contributed by atoms with Crippen LogP contribution in [-0.2, 0) is 6.42 Å². The first kappa shape index (κ1) is 12.6. The topological polar surface area (TPSA) is 69.2 Å². The molecule has 0 aliphatic rings. The fourth-order valence-electron chi connectivity index (χ4n) is 2.16. The van der Waals surface area contributed by atoms with Crippen molar-refractivity contribution in [1.82, 2.24) is 0 Å². The van der Waals surface area contributed by atoms with Gasteiger partial charge in [0.05, 0.1) is 4.92 Å². The average Bonchev–Trinajstić information content (AvgIpc) is 2.16. The molecule has 4 nitrogen and oxygen atoms in total. The van der Waals surface area contributed by atoms with Crippen LogP contribution in [0.2, 0.25) is 0 Å². The standard InChI is InChI=1S/C12H18N2O2/c1-8-7-9(2)12(14(15)16)10(3)11(8)5-4-6-13/h7H,4-6,13H2,1-3H3. The number of benzene rings is 1. The second kappa shape index (κ2) is 5.07. The first-order valence-corrected chi connectivity index (χ1v) is 5.43. The van der Waals surface area contributed by atoms with E-state index in [1.54, 1.807) is 6.92 Å². The minimum Gasteiger partial charge on any atom is -0.330 e. The maximum Gasteiger partial charge on any atom is 0.275 e. The van der Waals surface area contributed by atoms with E-state index in [-0.39, 0.29) is 10.6 Å². The lowest BCUT2D eigenvalue weighted by Crippen LogP contribution is -2.05. The quantitative estimate of drug-likeness (QED) is 0.628. The van der Waals surface area contributed by atoms with Crippen molar-refractivity contribution in [2.75, 3.05) is 6.54 Å². The number of nitro groups is 1. The second-order valence-electron chi connectivity index (χ2n) is 4.11. The lowest BCUT2D eigenvalue weighted by Gasteiger charge is -2.11. The van der Waals surface area contributed by atoms with E-state index in [1.807, 2.05) is 19.9 Å². The highest BCUT2D eigenvalue weighted by atomic mass is 16.6. The Balaban J connectivity index is 3.27. The molecule has 1 aromatic carbocycles. The van der Waals surface area contributed by atoms with E-state index in [0.717, 1.165) is 35.1 Å². The first-order chi connectivity index (χ1) is 7.49. The van der Waals surface area contributed by atoms with E-state index in [1.165, 1.54) is 0 Å². The molecule has 1 aromatic rings. The summed E-state index contributed by atoms with van der Waals surface area (Å²) in [6.07, 6.45) is 1.68. The Kier molecular flexibility index (Phi) is 4.01. The Labute approximate surface area is 95.6 Å². The van der Waals surface area contributed by atoms with E-state index in [9.17, 15) is 10.1 Å². The highest BCUT2D eigenvalue weighted by Gasteiger charge is 2.19. The van der Waals surface area contributed by atoms with Crippen molar-refractivity contribution >= 4 is 5.69 Å². The maximum atomic E-state index is 11.0. The number of nitrogens with zero attached hydrogens (tertiary/aromatic N) is 1. The molecule has 0 spiro atoms. The van der Waals surface area contributed by atoms with Crippen molar-refractivity contribution in [3.63, 3.8) is 0 Å². The van der Waals surface area contributed by atoms with Crippen LogP contribution in [0.5, 0.6) is 0 Å². The molecule has 2 N–H and O–H groups in total. The van der Waals surface area contributed by atoms with Gasteiger partial charge in [0.2, 0.25) is 0 Å². The van der Waals surface area contributed by atoms with Crippen LogP contribution in [0, 0.1) is 30.9 Å². The van der Waals surface area contributed by atoms with Crippen molar-refractivity contribution in [3.05, 3.63) is 38.4 Å². The van der Waals surface area contributed by atoms with Crippen LogP contribution in [0.1, 0.15) is 28.7 Å². The third-order valence-electron chi connectivity index (χ3n) is 2.90. The molecular formula is C12H18N2O2. The molecule has 1 rings (SSSR count). The van der Waals surface area contributed by atoms with Crippen LogP contribution >= 0.6 is 0 Å². The third kappa shape index (κ3) is 2.39. The smallest absolute Gasteiger partial charge is 0.275 e. The summed E-state index contributed by atoms with van der Waals surface area (Å²) in [4.78, 5) is 10.7. The summed E-state index contributed by atoms with van der Waals surface area (Å²) in [5.41, 5.74) is 9.43. The summed E-state index contributed by atoms with van der Waals surface area (Å²) in [5, 5.41) is 11.0. The zero-order valence-electron chi connectivity index (χ0n) is 10.0. The second-order valence-corrected chi connectivity index (χ2v) is 4.11. The van der Waals surface area contributed by atoms with E-state index in [4.69, 9.17) is 5.73 Å². The first-order valence-electron chi connectivity index (χ1n) is 5.43. The Morgan fingerprint density at radius 2 is 1.94 bits per heavy atom. The van der Waals surface area contributed by atoms with Crippen LogP contribution < -0.4 is 5.73 Å². The summed E-state index contributed by atoms with van der Waals surface area (Å²) in [7, 11) is 0. The molecule has 88 valence electrons. The maximum absolute atomic E-state index is 11.0. The molecular weight excluding hydrogens is 204 g/mol. The summed E-state index contributed by atoms with van der Waals surface area (Å²) < 4.78 is 0. The molecule has 0 bridgehead atoms. The van der Waals surface area contributed by atoms with Crippen LogP contribution in [-0.4, -0.2) is 11.5 Å². The molecule has 0 radical (unpaired) electrons. The number of aryl methyl sites for hydroxylation is 2. The number of rotatable bonds is 4. The highest BCUT2D eigenvalue weighted by molar-refractivity contribution is 5.53. The normalized spacial score (nSPS) is 10.5. The summed E-state index contributed by atoms with van der Waals surface area (Å²) >= 11 is 0. The van der Waals surface area contributed by atoms with Gasteiger partial charge >= 0.3 is 0 Å². The van der Waals surface area contributed by atoms with Gasteiger partial charge in [-0.25, -0.2) is 0 Å². The van der Waals surface area contributed by atoms with E-state index in [2.05, 4.69) is 0 Å². The Morgan fingerprint density at radius 1 is 1.31 bits per heavy atom. The average molecular weight is 222 g/mol. The highest BCUT2D eigenvalue weighted by Crippen LogP contribution is 2.29. The van der Waals surface area contributed by atoms with Crippen molar-refractivity contribution < 1.29 is 4.92 Å². The number of nitrogens with two attached hydrogens (primary N) is 1. The van der Waals surface area contributed by atoms with Gasteiger partial charge < -0.3 is 5.73 Å². The van der Waals surface area contributed by atoms with Crippen LogP contribution in [0.4, 0.5) is 5.69 Å². The van der Waals surface area contributed by atoms with Crippen molar-refractivity contribution in [1.29, 1.82) is 0 Å². The predicted octanol–water partition coefficient (Wildman–Crippen LogP) is 2.41. The summed E-state index contributed by atoms with van der Waals surface area (Å²) in [6, 6.07) is 1.89. The number of hydrogen-bond acceptors (Lipinski definition) is 3. The van der Waals surface area contributed by atoms with Crippen molar-refractivity contribution in [2.45, 2.75) is 33.6 Å². The van der Waals surface area contributed by atoms with Gasteiger partial charge in [0.25, 0.3) is 5.69 Å². The summed E-state index contributed by atoms with van der Waals surface area (Å²) in [5.74, 6) is 0. The van der Waals surface area contributed by atoms with Gasteiger partial charge in [0.1, 0.15) is 0 Å². The molecule has 0 aliphatic carbocycles. The molecule has 0 saturated heterocycles. The van der Waals surface area contributed by atoms with Crippen molar-refractivity contribution in [3.8, 4) is 0 Å². The van der Waals surface area contributed by atoms with Gasteiger partial charge in [-0.15, -0.1) is 0 Å². The van der Waals surface area contributed by atoms with E-state index < -0.39 is 0 Å². The van der Waals surface area contributed by atoms with Gasteiger partial charge in [-0.1, -0.05) is 0 Å². The van der Waals surface area contributed by atoms with E-state index in [0.29, 0.717) is 6.54 Å². The van der Waals surface area contributed by atoms with Gasteiger partial charge in [0.15, 0.2) is 0 Å². The minimum absolute atomic E-state index is 0.248. The fourth-order valence-corrected chi connectivity index (χ4v) is 2.16. The SMILES string of the molecule is Cc1cc(C)c([N+](=O)[O-])c(C)c1CCCN. The zero-order valence-corrected chi connectivity index (χ0v) is 10.0. The van der Waals surface area contributed by atoms with Gasteiger partial charge in [-0.05, 0) is 57.4 Å². The summed E-state index contributed by atoms with van der Waals surface area (Å²) in [6.45, 7) is 6.21. The third-order valence-corrected chi connectivity index (χ3v) is 2.90. The van der Waals surface area contributed by atoms with E-state index >= 15 is 0 Å². The zero-order chi connectivity index (χ0) is 12.3. The molecule has 0 saturated carbocycles. The monoisotopic (exact) mass is 222 g/mol. The molecule has 0 aromatic heterocycles. The molecule has 0 unspecified atom stereocenters. The molecule has 0 atom stereocenters. The molecule has 0 heterocycles. The minimum atomic E-state index is -0.296. The van der Waals surface area contributed by atoms with Crippen LogP contribution in [0.25, 0.3) is 0 Å². The Hall–Kier alpha value is -1.42. The van der Waals surface area contributed by atoms with Gasteiger partial charge in [-0.2, -0.15) is 0 Å². The van der Waals surface area contributed by atoms with Gasteiger partial charge in [0, 0.05) is 11.1 Å². The fraction of sp³-hybridized carbons (Fsp3) is 0.500. The predicted molar refractivity (Wildman–Crippen MR) is 64.7 cm³/mol.